The van der Waals surface area contributed by atoms with Crippen molar-refractivity contribution in [3.8, 4) is 5.75 Å². The molecule has 1 fully saturated rings. The average molecular weight is 371 g/mol. The van der Waals surface area contributed by atoms with E-state index in [0.29, 0.717) is 6.54 Å². The maximum absolute atomic E-state index is 5.34. The van der Waals surface area contributed by atoms with Crippen molar-refractivity contribution in [1.29, 1.82) is 0 Å². The van der Waals surface area contributed by atoms with Gasteiger partial charge in [-0.25, -0.2) is 4.99 Å². The van der Waals surface area contributed by atoms with Gasteiger partial charge in [0.25, 0.3) is 0 Å². The van der Waals surface area contributed by atoms with E-state index in [1.165, 1.54) is 5.69 Å². The maximum Gasteiger partial charge on any atom is 0.194 e. The number of nitrogens with one attached hydrogen (secondary N) is 1. The second-order valence-electron chi connectivity index (χ2n) is 6.48. The number of benzene rings is 1. The van der Waals surface area contributed by atoms with Gasteiger partial charge in [-0.05, 0) is 25.5 Å². The monoisotopic (exact) mass is 371 g/mol. The van der Waals surface area contributed by atoms with E-state index in [9.17, 15) is 0 Å². The zero-order chi connectivity index (χ0) is 19.1. The number of aromatic nitrogens is 1. The highest BCUT2D eigenvalue weighted by molar-refractivity contribution is 5.80. The molecule has 0 radical (unpaired) electrons. The number of methoxy groups -OCH3 is 1. The fourth-order valence-corrected chi connectivity index (χ4v) is 3.16. The van der Waals surface area contributed by atoms with Gasteiger partial charge in [0.15, 0.2) is 11.7 Å². The van der Waals surface area contributed by atoms with Crippen LogP contribution in [0.5, 0.6) is 5.75 Å². The molecular formula is C20H29N5O2. The van der Waals surface area contributed by atoms with E-state index in [-0.39, 0.29) is 0 Å². The molecule has 2 heterocycles. The van der Waals surface area contributed by atoms with E-state index < -0.39 is 0 Å². The summed E-state index contributed by atoms with van der Waals surface area (Å²) in [4.78, 5) is 9.42. The molecule has 0 aliphatic carbocycles. The number of anilines is 1. The number of aliphatic imine (C=N–C) groups is 1. The molecule has 0 atom stereocenters. The molecule has 0 bridgehead atoms. The number of nitrogens with zero attached hydrogens (tertiary/aromatic N) is 4. The number of guanidine groups is 1. The van der Waals surface area contributed by atoms with Gasteiger partial charge in [0, 0.05) is 50.5 Å². The third kappa shape index (κ3) is 4.93. The minimum Gasteiger partial charge on any atom is -0.497 e. The molecule has 7 heteroatoms. The van der Waals surface area contributed by atoms with Gasteiger partial charge in [0.05, 0.1) is 12.8 Å². The Kier molecular flexibility index (Phi) is 6.57. The van der Waals surface area contributed by atoms with E-state index >= 15 is 0 Å². The number of piperazine rings is 1. The summed E-state index contributed by atoms with van der Waals surface area (Å²) < 4.78 is 10.7. The van der Waals surface area contributed by atoms with Gasteiger partial charge >= 0.3 is 0 Å². The first kappa shape index (κ1) is 19.1. The molecule has 3 rings (SSSR count). The van der Waals surface area contributed by atoms with Crippen molar-refractivity contribution in [2.24, 2.45) is 4.99 Å². The summed E-state index contributed by atoms with van der Waals surface area (Å²) in [6.07, 6.45) is 0.875. The predicted octanol–water partition coefficient (Wildman–Crippen LogP) is 2.53. The van der Waals surface area contributed by atoms with Crippen LogP contribution < -0.4 is 15.0 Å². The smallest absolute Gasteiger partial charge is 0.194 e. The molecule has 7 nitrogen and oxygen atoms in total. The lowest BCUT2D eigenvalue weighted by molar-refractivity contribution is 0.364. The van der Waals surface area contributed by atoms with Crippen LogP contribution in [0.15, 0.2) is 39.8 Å². The Morgan fingerprint density at radius 2 is 2.04 bits per heavy atom. The molecule has 1 saturated heterocycles. The summed E-state index contributed by atoms with van der Waals surface area (Å²) in [5.74, 6) is 2.62. The number of aryl methyl sites for hydroxylation is 1. The topological polar surface area (TPSA) is 66.1 Å². The molecule has 0 amide bonds. The van der Waals surface area contributed by atoms with E-state index in [4.69, 9.17) is 14.3 Å². The number of rotatable bonds is 6. The van der Waals surface area contributed by atoms with Crippen molar-refractivity contribution < 1.29 is 9.26 Å². The van der Waals surface area contributed by atoms with E-state index in [2.05, 4.69) is 46.3 Å². The number of hydrogen-bond acceptors (Lipinski definition) is 5. The van der Waals surface area contributed by atoms with Gasteiger partial charge in [-0.15, -0.1) is 0 Å². The Morgan fingerprint density at radius 1 is 1.22 bits per heavy atom. The molecule has 1 aromatic heterocycles. The third-order valence-electron chi connectivity index (χ3n) is 4.69. The normalized spacial score (nSPS) is 15.1. The molecule has 1 aliphatic rings. The largest absolute Gasteiger partial charge is 0.497 e. The Bertz CT molecular complexity index is 750. The molecule has 1 N–H and O–H groups in total. The van der Waals surface area contributed by atoms with Crippen LogP contribution in [0, 0.1) is 0 Å². The van der Waals surface area contributed by atoms with Gasteiger partial charge in [0.1, 0.15) is 12.3 Å². The predicted molar refractivity (Wildman–Crippen MR) is 107 cm³/mol. The Morgan fingerprint density at radius 3 is 2.70 bits per heavy atom. The summed E-state index contributed by atoms with van der Waals surface area (Å²) in [6, 6.07) is 10.2. The van der Waals surface area contributed by atoms with Crippen LogP contribution in [0.3, 0.4) is 0 Å². The Labute approximate surface area is 161 Å². The minimum atomic E-state index is 0.505. The minimum absolute atomic E-state index is 0.505. The van der Waals surface area contributed by atoms with Crippen LogP contribution in [0.2, 0.25) is 0 Å². The molecule has 146 valence electrons. The average Bonchev–Trinajstić information content (AvgIpc) is 3.19. The lowest BCUT2D eigenvalue weighted by Gasteiger charge is -2.37. The van der Waals surface area contributed by atoms with Crippen molar-refractivity contribution in [3.63, 3.8) is 0 Å². The first-order valence-corrected chi connectivity index (χ1v) is 9.60. The van der Waals surface area contributed by atoms with Crippen LogP contribution in [0.1, 0.15) is 25.3 Å². The van der Waals surface area contributed by atoms with Crippen molar-refractivity contribution in [2.45, 2.75) is 26.8 Å². The van der Waals surface area contributed by atoms with Gasteiger partial charge in [-0.3, -0.25) is 0 Å². The highest BCUT2D eigenvalue weighted by Gasteiger charge is 2.20. The van der Waals surface area contributed by atoms with Crippen LogP contribution in [-0.4, -0.2) is 55.8 Å². The first-order valence-electron chi connectivity index (χ1n) is 9.60. The summed E-state index contributed by atoms with van der Waals surface area (Å²) in [5, 5.41) is 7.43. The van der Waals surface area contributed by atoms with Crippen LogP contribution in [0.25, 0.3) is 0 Å². The summed E-state index contributed by atoms with van der Waals surface area (Å²) in [7, 11) is 1.70. The quantitative estimate of drug-likeness (QED) is 0.622. The van der Waals surface area contributed by atoms with E-state index in [1.807, 2.05) is 18.2 Å². The molecule has 2 aromatic rings. The van der Waals surface area contributed by atoms with Crippen LogP contribution >= 0.6 is 0 Å². The zero-order valence-electron chi connectivity index (χ0n) is 16.4. The number of hydrogen-bond donors (Lipinski definition) is 1. The lowest BCUT2D eigenvalue weighted by atomic mass is 10.2. The Hall–Kier alpha value is -2.70. The fraction of sp³-hybridized carbons (Fsp3) is 0.500. The van der Waals surface area contributed by atoms with Crippen molar-refractivity contribution in [3.05, 3.63) is 41.8 Å². The highest BCUT2D eigenvalue weighted by Crippen LogP contribution is 2.22. The van der Waals surface area contributed by atoms with Gasteiger partial charge in [0.2, 0.25) is 0 Å². The van der Waals surface area contributed by atoms with Gasteiger partial charge in [-0.2, -0.15) is 0 Å². The van der Waals surface area contributed by atoms with Gasteiger partial charge in [-0.1, -0.05) is 18.1 Å². The van der Waals surface area contributed by atoms with Crippen molar-refractivity contribution >= 4 is 11.6 Å². The molecule has 1 aliphatic heterocycles. The van der Waals surface area contributed by atoms with E-state index in [1.54, 1.807) is 7.11 Å². The molecule has 0 saturated carbocycles. The van der Waals surface area contributed by atoms with Crippen molar-refractivity contribution in [1.82, 2.24) is 15.4 Å². The molecule has 1 aromatic carbocycles. The zero-order valence-corrected chi connectivity index (χ0v) is 16.4. The second-order valence-corrected chi connectivity index (χ2v) is 6.48. The van der Waals surface area contributed by atoms with Crippen molar-refractivity contribution in [2.75, 3.05) is 44.7 Å². The second kappa shape index (κ2) is 9.30. The van der Waals surface area contributed by atoms with Gasteiger partial charge < -0.3 is 24.4 Å². The molecule has 0 spiro atoms. The Balaban J connectivity index is 1.61. The summed E-state index contributed by atoms with van der Waals surface area (Å²) >= 11 is 0. The first-order chi connectivity index (χ1) is 13.2. The third-order valence-corrected chi connectivity index (χ3v) is 4.69. The van der Waals surface area contributed by atoms with Crippen LogP contribution in [0.4, 0.5) is 5.69 Å². The van der Waals surface area contributed by atoms with Crippen LogP contribution in [-0.2, 0) is 13.0 Å². The molecule has 0 unspecified atom stereocenters. The highest BCUT2D eigenvalue weighted by atomic mass is 16.5. The lowest BCUT2D eigenvalue weighted by Crippen LogP contribution is -2.52. The van der Waals surface area contributed by atoms with E-state index in [0.717, 1.165) is 62.3 Å². The molecule has 27 heavy (non-hydrogen) atoms. The standard InChI is InChI=1S/C20H29N5O2/c1-4-16-13-19(27-23-16)15-22-20(21-5-2)25-11-9-24(10-12-25)17-7-6-8-18(14-17)26-3/h6-8,13-14H,4-5,9-12,15H2,1-3H3,(H,21,22). The summed E-state index contributed by atoms with van der Waals surface area (Å²) in [6.45, 7) is 9.22. The molecular weight excluding hydrogens is 342 g/mol. The maximum atomic E-state index is 5.34. The SMILES string of the molecule is CCNC(=NCc1cc(CC)no1)N1CCN(c2cccc(OC)c2)CC1. The number of ether oxygens (including phenoxy) is 1. The fourth-order valence-electron chi connectivity index (χ4n) is 3.16. The summed E-state index contributed by atoms with van der Waals surface area (Å²) in [5.41, 5.74) is 2.17.